The number of carbonyl (C=O) groups is 4. The zero-order valence-corrected chi connectivity index (χ0v) is 17.8. The Morgan fingerprint density at radius 3 is 2.60 bits per heavy atom. The molecule has 1 saturated heterocycles. The second-order valence-electron chi connectivity index (χ2n) is 7.30. The van der Waals surface area contributed by atoms with E-state index in [1.165, 1.54) is 0 Å². The number of imide groups is 1. The van der Waals surface area contributed by atoms with E-state index in [9.17, 15) is 19.2 Å². The first kappa shape index (κ1) is 20.3. The number of fused-ring (bicyclic) bond motifs is 1. The molecule has 2 aliphatic heterocycles. The lowest BCUT2D eigenvalue weighted by molar-refractivity contribution is -0.121. The molecule has 7 nitrogen and oxygen atoms in total. The maximum absolute atomic E-state index is 12.5. The fourth-order valence-electron chi connectivity index (χ4n) is 3.72. The number of benzene rings is 2. The van der Waals surface area contributed by atoms with Crippen molar-refractivity contribution in [3.63, 3.8) is 0 Å². The highest BCUT2D eigenvalue weighted by Gasteiger charge is 2.35. The van der Waals surface area contributed by atoms with E-state index in [1.807, 2.05) is 24.3 Å². The standard InChI is InChI=1S/C22H20BrN3O4/c23-15-6-7-17-18(12-15)22(30)26(21(17)29)10-8-19(27)24-13-14-3-1-4-16(11-14)25-9-2-5-20(25)28/h1,3-4,6-7,11-12H,2,5,8-10,13H2,(H,24,27). The van der Waals surface area contributed by atoms with Crippen LogP contribution < -0.4 is 10.2 Å². The highest BCUT2D eigenvalue weighted by atomic mass is 79.9. The Labute approximate surface area is 182 Å². The number of rotatable bonds is 6. The number of nitrogens with zero attached hydrogens (tertiary/aromatic N) is 2. The first-order valence-electron chi connectivity index (χ1n) is 9.76. The maximum atomic E-state index is 12.5. The Hall–Kier alpha value is -3.00. The zero-order valence-electron chi connectivity index (χ0n) is 16.2. The molecule has 0 atom stereocenters. The first-order chi connectivity index (χ1) is 14.4. The molecule has 0 bridgehead atoms. The van der Waals surface area contributed by atoms with Crippen LogP contribution in [0.15, 0.2) is 46.9 Å². The summed E-state index contributed by atoms with van der Waals surface area (Å²) in [6, 6.07) is 12.5. The molecule has 0 saturated carbocycles. The molecular formula is C22H20BrN3O4. The molecule has 30 heavy (non-hydrogen) atoms. The van der Waals surface area contributed by atoms with Gasteiger partial charge in [-0.05, 0) is 42.3 Å². The normalized spacial score (nSPS) is 15.7. The topological polar surface area (TPSA) is 86.8 Å². The number of nitrogens with one attached hydrogen (secondary N) is 1. The number of anilines is 1. The predicted octanol–water partition coefficient (Wildman–Crippen LogP) is 2.88. The van der Waals surface area contributed by atoms with Gasteiger partial charge in [-0.25, -0.2) is 0 Å². The van der Waals surface area contributed by atoms with E-state index in [0.717, 1.165) is 27.0 Å². The minimum absolute atomic E-state index is 0.0247. The van der Waals surface area contributed by atoms with Crippen molar-refractivity contribution >= 4 is 45.2 Å². The molecule has 154 valence electrons. The average Bonchev–Trinajstić information content (AvgIpc) is 3.26. The van der Waals surface area contributed by atoms with Crippen molar-refractivity contribution in [1.29, 1.82) is 0 Å². The summed E-state index contributed by atoms with van der Waals surface area (Å²) in [6.07, 6.45) is 1.45. The predicted molar refractivity (Wildman–Crippen MR) is 114 cm³/mol. The fourth-order valence-corrected chi connectivity index (χ4v) is 4.08. The number of hydrogen-bond acceptors (Lipinski definition) is 4. The van der Waals surface area contributed by atoms with E-state index in [4.69, 9.17) is 0 Å². The number of halogens is 1. The second kappa shape index (κ2) is 8.39. The maximum Gasteiger partial charge on any atom is 0.261 e. The summed E-state index contributed by atoms with van der Waals surface area (Å²) in [5.41, 5.74) is 2.42. The monoisotopic (exact) mass is 469 g/mol. The largest absolute Gasteiger partial charge is 0.352 e. The molecule has 8 heteroatoms. The van der Waals surface area contributed by atoms with E-state index < -0.39 is 0 Å². The Morgan fingerprint density at radius 1 is 1.03 bits per heavy atom. The minimum Gasteiger partial charge on any atom is -0.352 e. The zero-order chi connectivity index (χ0) is 21.3. The molecule has 2 heterocycles. The van der Waals surface area contributed by atoms with Crippen molar-refractivity contribution in [1.82, 2.24) is 10.2 Å². The highest BCUT2D eigenvalue weighted by molar-refractivity contribution is 9.10. The summed E-state index contributed by atoms with van der Waals surface area (Å²) in [5, 5.41) is 2.81. The van der Waals surface area contributed by atoms with E-state index in [0.29, 0.717) is 30.6 Å². The van der Waals surface area contributed by atoms with Gasteiger partial charge in [-0.1, -0.05) is 28.1 Å². The summed E-state index contributed by atoms with van der Waals surface area (Å²) in [4.78, 5) is 51.9. The average molecular weight is 470 g/mol. The third-order valence-electron chi connectivity index (χ3n) is 5.28. The molecule has 2 aromatic carbocycles. The van der Waals surface area contributed by atoms with Gasteiger partial charge in [-0.15, -0.1) is 0 Å². The summed E-state index contributed by atoms with van der Waals surface area (Å²) in [5.74, 6) is -0.898. The van der Waals surface area contributed by atoms with Crippen LogP contribution in [0.25, 0.3) is 0 Å². The summed E-state index contributed by atoms with van der Waals surface area (Å²) in [6.45, 7) is 1.05. The Morgan fingerprint density at radius 2 is 1.83 bits per heavy atom. The van der Waals surface area contributed by atoms with Crippen LogP contribution in [0, 0.1) is 0 Å². The lowest BCUT2D eigenvalue weighted by atomic mass is 10.1. The second-order valence-corrected chi connectivity index (χ2v) is 8.21. The van der Waals surface area contributed by atoms with Crippen LogP contribution >= 0.6 is 15.9 Å². The highest BCUT2D eigenvalue weighted by Crippen LogP contribution is 2.26. The molecule has 2 aliphatic rings. The Bertz CT molecular complexity index is 1050. The van der Waals surface area contributed by atoms with Crippen LogP contribution in [0.3, 0.4) is 0 Å². The number of amides is 4. The molecule has 2 aromatic rings. The van der Waals surface area contributed by atoms with Crippen LogP contribution in [0.1, 0.15) is 45.5 Å². The van der Waals surface area contributed by atoms with Crippen LogP contribution in [0.4, 0.5) is 5.69 Å². The number of hydrogen-bond donors (Lipinski definition) is 1. The van der Waals surface area contributed by atoms with Gasteiger partial charge >= 0.3 is 0 Å². The van der Waals surface area contributed by atoms with Gasteiger partial charge in [0.25, 0.3) is 11.8 Å². The van der Waals surface area contributed by atoms with Crippen molar-refractivity contribution in [3.05, 3.63) is 63.6 Å². The smallest absolute Gasteiger partial charge is 0.261 e. The molecule has 0 spiro atoms. The molecule has 0 unspecified atom stereocenters. The van der Waals surface area contributed by atoms with E-state index in [-0.39, 0.29) is 36.6 Å². The number of carbonyl (C=O) groups excluding carboxylic acids is 4. The first-order valence-corrected chi connectivity index (χ1v) is 10.5. The Balaban J connectivity index is 1.31. The van der Waals surface area contributed by atoms with Gasteiger partial charge in [0.1, 0.15) is 0 Å². The molecule has 4 amide bonds. The van der Waals surface area contributed by atoms with Crippen molar-refractivity contribution in [2.75, 3.05) is 18.0 Å². The Kier molecular flexibility index (Phi) is 5.67. The molecule has 4 rings (SSSR count). The molecule has 0 aromatic heterocycles. The van der Waals surface area contributed by atoms with Crippen LogP contribution in [0.2, 0.25) is 0 Å². The third-order valence-corrected chi connectivity index (χ3v) is 5.77. The fraction of sp³-hybridized carbons (Fsp3) is 0.273. The van der Waals surface area contributed by atoms with Gasteiger partial charge in [-0.3, -0.25) is 24.1 Å². The lowest BCUT2D eigenvalue weighted by Crippen LogP contribution is -2.34. The van der Waals surface area contributed by atoms with E-state index in [2.05, 4.69) is 21.2 Å². The molecule has 1 fully saturated rings. The molecule has 0 aliphatic carbocycles. The van der Waals surface area contributed by atoms with Crippen LogP contribution in [-0.2, 0) is 16.1 Å². The van der Waals surface area contributed by atoms with Crippen molar-refractivity contribution in [2.45, 2.75) is 25.8 Å². The van der Waals surface area contributed by atoms with Gasteiger partial charge in [0.15, 0.2) is 0 Å². The van der Waals surface area contributed by atoms with Gasteiger partial charge in [-0.2, -0.15) is 0 Å². The molecule has 0 radical (unpaired) electrons. The van der Waals surface area contributed by atoms with Crippen molar-refractivity contribution in [3.8, 4) is 0 Å². The molecule has 1 N–H and O–H groups in total. The summed E-state index contributed by atoms with van der Waals surface area (Å²) < 4.78 is 0.722. The van der Waals surface area contributed by atoms with Crippen molar-refractivity contribution < 1.29 is 19.2 Å². The van der Waals surface area contributed by atoms with Gasteiger partial charge in [0, 0.05) is 42.6 Å². The van der Waals surface area contributed by atoms with Gasteiger partial charge in [0.05, 0.1) is 11.1 Å². The van der Waals surface area contributed by atoms with Crippen molar-refractivity contribution in [2.24, 2.45) is 0 Å². The SMILES string of the molecule is O=C(CCN1C(=O)c2ccc(Br)cc2C1=O)NCc1cccc(N2CCCC2=O)c1. The molecular weight excluding hydrogens is 450 g/mol. The summed E-state index contributed by atoms with van der Waals surface area (Å²) >= 11 is 3.30. The van der Waals surface area contributed by atoms with E-state index in [1.54, 1.807) is 23.1 Å². The van der Waals surface area contributed by atoms with Crippen LogP contribution in [-0.4, -0.2) is 41.6 Å². The minimum atomic E-state index is -0.382. The summed E-state index contributed by atoms with van der Waals surface area (Å²) in [7, 11) is 0. The van der Waals surface area contributed by atoms with Crippen LogP contribution in [0.5, 0.6) is 0 Å². The van der Waals surface area contributed by atoms with E-state index >= 15 is 0 Å². The quantitative estimate of drug-likeness (QED) is 0.658. The van der Waals surface area contributed by atoms with Gasteiger partial charge < -0.3 is 10.2 Å². The van der Waals surface area contributed by atoms with Gasteiger partial charge in [0.2, 0.25) is 11.8 Å². The lowest BCUT2D eigenvalue weighted by Gasteiger charge is -2.17. The third kappa shape index (κ3) is 4.00.